The fourth-order valence-corrected chi connectivity index (χ4v) is 4.24. The molecular formula is C15H19BrN2O2S. The summed E-state index contributed by atoms with van der Waals surface area (Å²) in [5, 5.41) is 0.701. The summed E-state index contributed by atoms with van der Waals surface area (Å²) < 4.78 is 6.63. The Morgan fingerprint density at radius 1 is 1.43 bits per heavy atom. The van der Waals surface area contributed by atoms with Crippen LogP contribution in [0.2, 0.25) is 0 Å². The minimum Gasteiger partial charge on any atom is -0.470 e. The van der Waals surface area contributed by atoms with Crippen molar-refractivity contribution in [2.24, 2.45) is 0 Å². The number of rotatable bonds is 5. The number of carbonyl (C=O) groups excluding carboxylic acids is 1. The Labute approximate surface area is 137 Å². The van der Waals surface area contributed by atoms with Crippen molar-refractivity contribution in [2.45, 2.75) is 37.0 Å². The largest absolute Gasteiger partial charge is 0.470 e. The van der Waals surface area contributed by atoms with Crippen LogP contribution in [0.4, 0.5) is 0 Å². The van der Waals surface area contributed by atoms with Gasteiger partial charge in [-0.25, -0.2) is 4.98 Å². The highest BCUT2D eigenvalue weighted by Crippen LogP contribution is 2.30. The first-order valence-electron chi connectivity index (χ1n) is 7.39. The van der Waals surface area contributed by atoms with Crippen LogP contribution in [-0.4, -0.2) is 46.0 Å². The third-order valence-corrected chi connectivity index (χ3v) is 5.91. The average molecular weight is 371 g/mol. The van der Waals surface area contributed by atoms with Gasteiger partial charge in [0.1, 0.15) is 6.10 Å². The highest BCUT2D eigenvalue weighted by molar-refractivity contribution is 9.10. The van der Waals surface area contributed by atoms with E-state index in [4.69, 9.17) is 4.74 Å². The standard InChI is InChI=1S/C15H19BrN2O2S/c16-13-6-3-7-17-15(13)20-11-8-18(9-11)14(19)10-21-12-4-1-2-5-12/h3,6-7,11-12H,1-2,4-5,8-10H2. The van der Waals surface area contributed by atoms with Gasteiger partial charge in [-0.15, -0.1) is 11.8 Å². The first kappa shape index (κ1) is 15.2. The molecule has 0 N–H and O–H groups in total. The fraction of sp³-hybridized carbons (Fsp3) is 0.600. The molecule has 1 amide bonds. The van der Waals surface area contributed by atoms with Gasteiger partial charge in [0.15, 0.2) is 0 Å². The number of pyridine rings is 1. The van der Waals surface area contributed by atoms with E-state index >= 15 is 0 Å². The van der Waals surface area contributed by atoms with Crippen molar-refractivity contribution < 1.29 is 9.53 Å². The van der Waals surface area contributed by atoms with Crippen LogP contribution in [0.1, 0.15) is 25.7 Å². The van der Waals surface area contributed by atoms with Crippen LogP contribution in [0.25, 0.3) is 0 Å². The van der Waals surface area contributed by atoms with E-state index in [9.17, 15) is 4.79 Å². The van der Waals surface area contributed by atoms with Gasteiger partial charge in [-0.3, -0.25) is 4.79 Å². The average Bonchev–Trinajstić information content (AvgIpc) is 2.95. The Balaban J connectivity index is 1.39. The van der Waals surface area contributed by atoms with Crippen molar-refractivity contribution in [3.8, 4) is 5.88 Å². The molecule has 2 heterocycles. The zero-order valence-electron chi connectivity index (χ0n) is 11.8. The lowest BCUT2D eigenvalue weighted by Gasteiger charge is -2.38. The molecule has 1 saturated heterocycles. The van der Waals surface area contributed by atoms with Gasteiger partial charge in [0.25, 0.3) is 0 Å². The lowest BCUT2D eigenvalue weighted by Crippen LogP contribution is -2.56. The molecule has 1 saturated carbocycles. The molecule has 114 valence electrons. The van der Waals surface area contributed by atoms with Gasteiger partial charge in [0.2, 0.25) is 11.8 Å². The van der Waals surface area contributed by atoms with E-state index in [2.05, 4.69) is 20.9 Å². The quantitative estimate of drug-likeness (QED) is 0.798. The van der Waals surface area contributed by atoms with E-state index in [1.807, 2.05) is 28.8 Å². The number of amides is 1. The molecule has 0 atom stereocenters. The van der Waals surface area contributed by atoms with Gasteiger partial charge in [0, 0.05) is 11.4 Å². The molecule has 0 spiro atoms. The summed E-state index contributed by atoms with van der Waals surface area (Å²) in [5.74, 6) is 1.46. The second-order valence-corrected chi connectivity index (χ2v) is 7.69. The Morgan fingerprint density at radius 3 is 2.90 bits per heavy atom. The monoisotopic (exact) mass is 370 g/mol. The molecule has 2 fully saturated rings. The lowest BCUT2D eigenvalue weighted by atomic mass is 10.2. The van der Waals surface area contributed by atoms with Gasteiger partial charge in [-0.05, 0) is 40.9 Å². The summed E-state index contributed by atoms with van der Waals surface area (Å²) in [6, 6.07) is 3.76. The topological polar surface area (TPSA) is 42.4 Å². The molecule has 1 aromatic heterocycles. The smallest absolute Gasteiger partial charge is 0.232 e. The third kappa shape index (κ3) is 3.92. The number of likely N-dealkylation sites (tertiary alicyclic amines) is 1. The van der Waals surface area contributed by atoms with E-state index in [0.717, 1.165) is 4.47 Å². The molecule has 0 radical (unpaired) electrons. The van der Waals surface area contributed by atoms with Crippen LogP contribution in [-0.2, 0) is 4.79 Å². The molecule has 2 aliphatic rings. The Morgan fingerprint density at radius 2 is 2.19 bits per heavy atom. The number of hydrogen-bond acceptors (Lipinski definition) is 4. The van der Waals surface area contributed by atoms with Crippen molar-refractivity contribution in [1.82, 2.24) is 9.88 Å². The molecule has 0 aromatic carbocycles. The minimum absolute atomic E-state index is 0.0663. The molecule has 1 aromatic rings. The van der Waals surface area contributed by atoms with Crippen LogP contribution in [0, 0.1) is 0 Å². The van der Waals surface area contributed by atoms with Crippen molar-refractivity contribution in [3.05, 3.63) is 22.8 Å². The molecule has 21 heavy (non-hydrogen) atoms. The van der Waals surface area contributed by atoms with Crippen molar-refractivity contribution >= 4 is 33.6 Å². The van der Waals surface area contributed by atoms with E-state index in [0.29, 0.717) is 30.0 Å². The first-order chi connectivity index (χ1) is 10.2. The van der Waals surface area contributed by atoms with Crippen LogP contribution >= 0.6 is 27.7 Å². The molecule has 4 nitrogen and oxygen atoms in total. The van der Waals surface area contributed by atoms with Crippen LogP contribution in [0.15, 0.2) is 22.8 Å². The van der Waals surface area contributed by atoms with Crippen molar-refractivity contribution in [3.63, 3.8) is 0 Å². The summed E-state index contributed by atoms with van der Waals surface area (Å²) in [7, 11) is 0. The number of hydrogen-bond donors (Lipinski definition) is 0. The number of halogens is 1. The van der Waals surface area contributed by atoms with E-state index in [1.165, 1.54) is 25.7 Å². The molecule has 3 rings (SSSR count). The molecule has 0 bridgehead atoms. The Hall–Kier alpha value is -0.750. The lowest BCUT2D eigenvalue weighted by molar-refractivity contribution is -0.137. The summed E-state index contributed by atoms with van der Waals surface area (Å²) in [5.41, 5.74) is 0. The Kier molecular flexibility index (Phi) is 5.06. The number of nitrogens with zero attached hydrogens (tertiary/aromatic N) is 2. The predicted molar refractivity (Wildman–Crippen MR) is 87.6 cm³/mol. The third-order valence-electron chi connectivity index (χ3n) is 3.95. The van der Waals surface area contributed by atoms with Crippen LogP contribution in [0.5, 0.6) is 5.88 Å². The zero-order valence-corrected chi connectivity index (χ0v) is 14.2. The van der Waals surface area contributed by atoms with Crippen molar-refractivity contribution in [2.75, 3.05) is 18.8 Å². The summed E-state index contributed by atoms with van der Waals surface area (Å²) in [6.45, 7) is 1.35. The van der Waals surface area contributed by atoms with E-state index in [-0.39, 0.29) is 12.0 Å². The minimum atomic E-state index is 0.0663. The molecule has 1 aliphatic carbocycles. The van der Waals surface area contributed by atoms with Gasteiger partial charge in [-0.2, -0.15) is 0 Å². The number of thioether (sulfide) groups is 1. The maximum Gasteiger partial charge on any atom is 0.232 e. The summed E-state index contributed by atoms with van der Waals surface area (Å²) >= 11 is 5.24. The number of aromatic nitrogens is 1. The first-order valence-corrected chi connectivity index (χ1v) is 9.23. The van der Waals surface area contributed by atoms with Crippen LogP contribution < -0.4 is 4.74 Å². The summed E-state index contributed by atoms with van der Waals surface area (Å²) in [4.78, 5) is 18.1. The second kappa shape index (κ2) is 7.01. The molecular weight excluding hydrogens is 352 g/mol. The van der Waals surface area contributed by atoms with E-state index in [1.54, 1.807) is 6.20 Å². The molecule has 1 aliphatic heterocycles. The Bertz CT molecular complexity index is 502. The number of carbonyl (C=O) groups is 1. The van der Waals surface area contributed by atoms with E-state index < -0.39 is 0 Å². The maximum atomic E-state index is 12.1. The van der Waals surface area contributed by atoms with Gasteiger partial charge < -0.3 is 9.64 Å². The van der Waals surface area contributed by atoms with Crippen molar-refractivity contribution in [1.29, 1.82) is 0 Å². The summed E-state index contributed by atoms with van der Waals surface area (Å²) in [6.07, 6.45) is 6.97. The normalized spacial score (nSPS) is 19.6. The highest BCUT2D eigenvalue weighted by atomic mass is 79.9. The number of ether oxygens (including phenoxy) is 1. The van der Waals surface area contributed by atoms with Crippen LogP contribution in [0.3, 0.4) is 0 Å². The molecule has 0 unspecified atom stereocenters. The zero-order chi connectivity index (χ0) is 14.7. The molecule has 6 heteroatoms. The SMILES string of the molecule is O=C(CSC1CCCC1)N1CC(Oc2ncccc2Br)C1. The highest BCUT2D eigenvalue weighted by Gasteiger charge is 2.33. The fourth-order valence-electron chi connectivity index (χ4n) is 2.67. The van der Waals surface area contributed by atoms with Gasteiger partial charge >= 0.3 is 0 Å². The maximum absolute atomic E-state index is 12.1. The van der Waals surface area contributed by atoms with Gasteiger partial charge in [-0.1, -0.05) is 12.8 Å². The van der Waals surface area contributed by atoms with Gasteiger partial charge in [0.05, 0.1) is 23.3 Å². The second-order valence-electron chi connectivity index (χ2n) is 5.55. The predicted octanol–water partition coefficient (Wildman–Crippen LogP) is 3.11.